The first-order chi connectivity index (χ1) is 31.2. The van der Waals surface area contributed by atoms with Crippen molar-refractivity contribution >= 4 is 65.8 Å². The zero-order valence-corrected chi connectivity index (χ0v) is 33.5. The van der Waals surface area contributed by atoms with Gasteiger partial charge in [-0.05, 0) is 60.7 Å². The molecular weight excluding hydrogens is 777 g/mol. The Morgan fingerprint density at radius 2 is 0.937 bits per heavy atom. The van der Waals surface area contributed by atoms with Crippen LogP contribution >= 0.6 is 0 Å². The zero-order valence-electron chi connectivity index (χ0n) is 33.5. The van der Waals surface area contributed by atoms with Gasteiger partial charge in [-0.1, -0.05) is 133 Å². The van der Waals surface area contributed by atoms with Crippen molar-refractivity contribution in [2.24, 2.45) is 0 Å². The van der Waals surface area contributed by atoms with Crippen molar-refractivity contribution in [3.05, 3.63) is 194 Å². The average Bonchev–Trinajstić information content (AvgIpc) is 4.04. The van der Waals surface area contributed by atoms with Gasteiger partial charge < -0.3 is 13.4 Å². The molecule has 294 valence electrons. The molecule has 0 saturated heterocycles. The number of aromatic nitrogens is 6. The van der Waals surface area contributed by atoms with Gasteiger partial charge in [0.15, 0.2) is 28.9 Å². The van der Waals surface area contributed by atoms with Gasteiger partial charge in [0.05, 0.1) is 11.0 Å². The third kappa shape index (κ3) is 5.58. The maximum Gasteiger partial charge on any atom is 0.180 e. The second kappa shape index (κ2) is 13.9. The Balaban J connectivity index is 1.04. The van der Waals surface area contributed by atoms with E-state index in [0.717, 1.165) is 99.4 Å². The van der Waals surface area contributed by atoms with Crippen LogP contribution in [0.4, 0.5) is 0 Å². The van der Waals surface area contributed by atoms with Crippen molar-refractivity contribution in [1.29, 1.82) is 0 Å². The molecule has 8 heteroatoms. The van der Waals surface area contributed by atoms with Gasteiger partial charge in [-0.15, -0.1) is 0 Å². The van der Waals surface area contributed by atoms with E-state index in [0.29, 0.717) is 28.9 Å². The third-order valence-electron chi connectivity index (χ3n) is 11.9. The number of para-hydroxylation sites is 3. The van der Waals surface area contributed by atoms with Gasteiger partial charge in [0.1, 0.15) is 28.0 Å². The molecule has 8 nitrogen and oxygen atoms in total. The van der Waals surface area contributed by atoms with Crippen LogP contribution < -0.4 is 0 Å². The fraction of sp³-hybridized carbons (Fsp3) is 0. The van der Waals surface area contributed by atoms with Crippen LogP contribution in [0.1, 0.15) is 0 Å². The summed E-state index contributed by atoms with van der Waals surface area (Å²) in [5.74, 6) is 2.27. The largest absolute Gasteiger partial charge is 0.456 e. The van der Waals surface area contributed by atoms with Crippen molar-refractivity contribution in [2.75, 3.05) is 0 Å². The summed E-state index contributed by atoms with van der Waals surface area (Å²) in [7, 11) is 0. The van der Waals surface area contributed by atoms with Crippen LogP contribution in [-0.2, 0) is 0 Å². The molecule has 0 amide bonds. The molecule has 0 aliphatic rings. The molecule has 5 heterocycles. The van der Waals surface area contributed by atoms with E-state index in [4.69, 9.17) is 33.8 Å². The molecular formula is C55H32N6O2. The van der Waals surface area contributed by atoms with Crippen molar-refractivity contribution in [2.45, 2.75) is 0 Å². The lowest BCUT2D eigenvalue weighted by atomic mass is 10.0. The van der Waals surface area contributed by atoms with E-state index in [1.54, 1.807) is 0 Å². The van der Waals surface area contributed by atoms with E-state index >= 15 is 0 Å². The topological polar surface area (TPSA) is 95.7 Å². The Bertz CT molecular complexity index is 3910. The Kier molecular flexibility index (Phi) is 7.74. The fourth-order valence-corrected chi connectivity index (χ4v) is 9.06. The summed E-state index contributed by atoms with van der Waals surface area (Å²) in [6.45, 7) is 0. The van der Waals surface area contributed by atoms with Crippen molar-refractivity contribution < 1.29 is 8.83 Å². The number of benzene rings is 8. The first-order valence-electron chi connectivity index (χ1n) is 20.8. The molecule has 63 heavy (non-hydrogen) atoms. The predicted octanol–water partition coefficient (Wildman–Crippen LogP) is 13.9. The molecule has 0 fully saturated rings. The summed E-state index contributed by atoms with van der Waals surface area (Å²) in [4.78, 5) is 26.1. The van der Waals surface area contributed by atoms with Gasteiger partial charge in [-0.25, -0.2) is 24.9 Å². The number of rotatable bonds is 6. The molecule has 0 saturated carbocycles. The van der Waals surface area contributed by atoms with Crippen LogP contribution in [0.15, 0.2) is 203 Å². The molecule has 13 rings (SSSR count). The lowest BCUT2D eigenvalue weighted by Crippen LogP contribution is -2.01. The molecule has 0 unspecified atom stereocenters. The van der Waals surface area contributed by atoms with Crippen LogP contribution in [-0.4, -0.2) is 29.5 Å². The third-order valence-corrected chi connectivity index (χ3v) is 11.9. The SMILES string of the molecule is c1ccc(-c2nc(-c3cccc4oc5ccc(-c6nc(-c7ccccc7)c7oc8ccccc8c7n6)cc5c34)nc(-c3cccc4c3c3ccccc3n4-c3ccccc3)n2)cc1. The minimum atomic E-state index is 0.537. The molecule has 0 aliphatic heterocycles. The van der Waals surface area contributed by atoms with Crippen molar-refractivity contribution in [3.8, 4) is 62.5 Å². The maximum absolute atomic E-state index is 6.56. The normalized spacial score (nSPS) is 11.8. The van der Waals surface area contributed by atoms with Crippen molar-refractivity contribution in [1.82, 2.24) is 29.5 Å². The molecule has 0 N–H and O–H groups in total. The van der Waals surface area contributed by atoms with Gasteiger partial charge in [0.2, 0.25) is 0 Å². The van der Waals surface area contributed by atoms with E-state index in [2.05, 4.69) is 83.4 Å². The van der Waals surface area contributed by atoms with Gasteiger partial charge in [-0.2, -0.15) is 0 Å². The molecule has 0 bridgehead atoms. The molecule has 0 aliphatic carbocycles. The number of furan rings is 2. The first-order valence-corrected chi connectivity index (χ1v) is 20.8. The molecule has 0 radical (unpaired) electrons. The van der Waals surface area contributed by atoms with Crippen molar-refractivity contribution in [3.63, 3.8) is 0 Å². The van der Waals surface area contributed by atoms with E-state index in [9.17, 15) is 0 Å². The summed E-state index contributed by atoms with van der Waals surface area (Å²) in [6.07, 6.45) is 0. The number of fused-ring (bicyclic) bond motifs is 9. The zero-order chi connectivity index (χ0) is 41.4. The minimum Gasteiger partial charge on any atom is -0.456 e. The van der Waals surface area contributed by atoms with Gasteiger partial charge in [0.25, 0.3) is 0 Å². The highest BCUT2D eigenvalue weighted by Crippen LogP contribution is 2.42. The molecule has 13 aromatic rings. The summed E-state index contributed by atoms with van der Waals surface area (Å²) in [5, 5.41) is 4.91. The van der Waals surface area contributed by atoms with E-state index in [1.165, 1.54) is 0 Å². The Hall–Kier alpha value is -8.75. The highest BCUT2D eigenvalue weighted by molar-refractivity contribution is 6.16. The minimum absolute atomic E-state index is 0.537. The summed E-state index contributed by atoms with van der Waals surface area (Å²) in [5.41, 5.74) is 12.0. The van der Waals surface area contributed by atoms with Crippen LogP contribution in [0.2, 0.25) is 0 Å². The second-order valence-electron chi connectivity index (χ2n) is 15.6. The van der Waals surface area contributed by atoms with Gasteiger partial charge >= 0.3 is 0 Å². The summed E-state index contributed by atoms with van der Waals surface area (Å²) < 4.78 is 15.3. The highest BCUT2D eigenvalue weighted by Gasteiger charge is 2.23. The predicted molar refractivity (Wildman–Crippen MR) is 251 cm³/mol. The number of hydrogen-bond acceptors (Lipinski definition) is 7. The smallest absolute Gasteiger partial charge is 0.180 e. The quantitative estimate of drug-likeness (QED) is 0.165. The first kappa shape index (κ1) is 35.0. The molecule has 0 spiro atoms. The lowest BCUT2D eigenvalue weighted by Gasteiger charge is -2.11. The Morgan fingerprint density at radius 1 is 0.349 bits per heavy atom. The number of nitrogens with zero attached hydrogens (tertiary/aromatic N) is 6. The average molecular weight is 809 g/mol. The highest BCUT2D eigenvalue weighted by atomic mass is 16.3. The number of hydrogen-bond donors (Lipinski definition) is 0. The fourth-order valence-electron chi connectivity index (χ4n) is 9.06. The van der Waals surface area contributed by atoms with Crippen LogP contribution in [0.25, 0.3) is 128 Å². The lowest BCUT2D eigenvalue weighted by molar-refractivity contribution is 0.667. The van der Waals surface area contributed by atoms with Gasteiger partial charge in [-0.3, -0.25) is 0 Å². The van der Waals surface area contributed by atoms with Crippen LogP contribution in [0.3, 0.4) is 0 Å². The van der Waals surface area contributed by atoms with Crippen LogP contribution in [0.5, 0.6) is 0 Å². The summed E-state index contributed by atoms with van der Waals surface area (Å²) in [6, 6.07) is 65.7. The summed E-state index contributed by atoms with van der Waals surface area (Å²) >= 11 is 0. The van der Waals surface area contributed by atoms with E-state index < -0.39 is 0 Å². The Morgan fingerprint density at radius 3 is 1.73 bits per heavy atom. The molecule has 5 aromatic heterocycles. The molecule has 8 aromatic carbocycles. The van der Waals surface area contributed by atoms with E-state index in [-0.39, 0.29) is 0 Å². The van der Waals surface area contributed by atoms with E-state index in [1.807, 2.05) is 115 Å². The standard InChI is InChI=1S/C55H32N6O2/c1-4-16-33(17-5-1)49-51-50(38-23-11-13-28-44(38)63-51)57-53(56-49)35-30-31-45-41(32-35)48-40(25-15-29-46(48)62-45)55-59-52(34-18-6-2-7-19-34)58-54(60-55)39-24-14-27-43-47(39)37-22-10-12-26-42(37)61(43)36-20-8-3-9-21-36/h1-32H. The second-order valence-corrected chi connectivity index (χ2v) is 15.6. The van der Waals surface area contributed by atoms with Gasteiger partial charge in [0, 0.05) is 60.4 Å². The monoisotopic (exact) mass is 808 g/mol. The molecule has 0 atom stereocenters. The maximum atomic E-state index is 6.56. The van der Waals surface area contributed by atoms with Crippen LogP contribution in [0, 0.1) is 0 Å². The Labute approximate surface area is 359 Å².